The van der Waals surface area contributed by atoms with Gasteiger partial charge in [0.1, 0.15) is 0 Å². The Morgan fingerprint density at radius 2 is 2.11 bits per heavy atom. The van der Waals surface area contributed by atoms with Gasteiger partial charge >= 0.3 is 12.0 Å². The maximum atomic E-state index is 12.1. The van der Waals surface area contributed by atoms with Gasteiger partial charge in [-0.25, -0.2) is 4.79 Å². The molecule has 1 saturated heterocycles. The highest BCUT2D eigenvalue weighted by atomic mass is 16.5. The zero-order valence-corrected chi connectivity index (χ0v) is 11.3. The first-order chi connectivity index (χ1) is 8.47. The van der Waals surface area contributed by atoms with Gasteiger partial charge in [0.05, 0.1) is 5.92 Å². The van der Waals surface area contributed by atoms with Crippen LogP contribution in [-0.4, -0.2) is 67.3 Å². The van der Waals surface area contributed by atoms with Crippen LogP contribution in [-0.2, 0) is 9.53 Å². The Balaban J connectivity index is 2.45. The Morgan fingerprint density at radius 1 is 1.44 bits per heavy atom. The van der Waals surface area contributed by atoms with Crippen LogP contribution >= 0.6 is 0 Å². The first kappa shape index (κ1) is 14.8. The molecule has 2 amide bonds. The standard InChI is InChI=1S/C12H22N2O4/c1-9-7-14(8-10(9)11(15)16)12(17)13(2)5-4-6-18-3/h9-10H,4-8H2,1-3H3,(H,15,16)/t9-,10-/m1/s1. The number of carboxylic acid groups (broad SMARTS) is 1. The molecule has 0 saturated carbocycles. The lowest BCUT2D eigenvalue weighted by molar-refractivity contribution is -0.142. The maximum absolute atomic E-state index is 12.1. The van der Waals surface area contributed by atoms with Gasteiger partial charge in [0.25, 0.3) is 0 Å². The Labute approximate surface area is 107 Å². The van der Waals surface area contributed by atoms with Crippen molar-refractivity contribution in [2.24, 2.45) is 11.8 Å². The minimum Gasteiger partial charge on any atom is -0.481 e. The highest BCUT2D eigenvalue weighted by Crippen LogP contribution is 2.23. The van der Waals surface area contributed by atoms with E-state index in [1.54, 1.807) is 24.0 Å². The van der Waals surface area contributed by atoms with Gasteiger partial charge in [-0.2, -0.15) is 0 Å². The molecular weight excluding hydrogens is 236 g/mol. The third-order valence-corrected chi connectivity index (χ3v) is 3.37. The van der Waals surface area contributed by atoms with Crippen molar-refractivity contribution in [3.63, 3.8) is 0 Å². The van der Waals surface area contributed by atoms with Crippen molar-refractivity contribution in [3.8, 4) is 0 Å². The average molecular weight is 258 g/mol. The van der Waals surface area contributed by atoms with Gasteiger partial charge in [-0.15, -0.1) is 0 Å². The molecule has 0 aromatic heterocycles. The number of hydrogen-bond donors (Lipinski definition) is 1. The summed E-state index contributed by atoms with van der Waals surface area (Å²) in [6.07, 6.45) is 0.782. The molecule has 6 heteroatoms. The van der Waals surface area contributed by atoms with Gasteiger partial charge in [-0.05, 0) is 12.3 Å². The summed E-state index contributed by atoms with van der Waals surface area (Å²) in [5.74, 6) is -1.25. The van der Waals surface area contributed by atoms with Crippen LogP contribution < -0.4 is 0 Å². The average Bonchev–Trinajstić information content (AvgIpc) is 2.70. The van der Waals surface area contributed by atoms with Crippen LogP contribution in [0.2, 0.25) is 0 Å². The zero-order valence-electron chi connectivity index (χ0n) is 11.3. The summed E-state index contributed by atoms with van der Waals surface area (Å²) < 4.78 is 4.93. The topological polar surface area (TPSA) is 70.1 Å². The fourth-order valence-corrected chi connectivity index (χ4v) is 2.23. The maximum Gasteiger partial charge on any atom is 0.319 e. The number of urea groups is 1. The first-order valence-electron chi connectivity index (χ1n) is 6.19. The second-order valence-corrected chi connectivity index (χ2v) is 4.88. The van der Waals surface area contributed by atoms with Crippen LogP contribution in [0, 0.1) is 11.8 Å². The fourth-order valence-electron chi connectivity index (χ4n) is 2.23. The van der Waals surface area contributed by atoms with Crippen molar-refractivity contribution in [1.29, 1.82) is 0 Å². The number of nitrogens with zero attached hydrogens (tertiary/aromatic N) is 2. The number of rotatable bonds is 5. The monoisotopic (exact) mass is 258 g/mol. The fraction of sp³-hybridized carbons (Fsp3) is 0.833. The van der Waals surface area contributed by atoms with Gasteiger partial charge < -0.3 is 19.6 Å². The lowest BCUT2D eigenvalue weighted by Gasteiger charge is -2.24. The molecule has 18 heavy (non-hydrogen) atoms. The molecule has 0 unspecified atom stereocenters. The van der Waals surface area contributed by atoms with Gasteiger partial charge in [-0.3, -0.25) is 4.79 Å². The number of likely N-dealkylation sites (tertiary alicyclic amines) is 1. The van der Waals surface area contributed by atoms with Crippen molar-refractivity contribution in [1.82, 2.24) is 9.80 Å². The molecule has 0 aliphatic carbocycles. The summed E-state index contributed by atoms with van der Waals surface area (Å²) in [4.78, 5) is 26.3. The molecule has 0 radical (unpaired) electrons. The molecule has 1 N–H and O–H groups in total. The number of carbonyl (C=O) groups excluding carboxylic acids is 1. The Bertz CT molecular complexity index is 308. The molecule has 1 aliphatic heterocycles. The molecule has 1 aliphatic rings. The minimum absolute atomic E-state index is 0.0128. The second kappa shape index (κ2) is 6.58. The highest BCUT2D eigenvalue weighted by Gasteiger charge is 2.37. The lowest BCUT2D eigenvalue weighted by atomic mass is 9.99. The van der Waals surface area contributed by atoms with E-state index < -0.39 is 11.9 Å². The van der Waals surface area contributed by atoms with E-state index in [-0.39, 0.29) is 11.9 Å². The summed E-state index contributed by atoms with van der Waals surface area (Å²) >= 11 is 0. The molecule has 1 rings (SSSR count). The second-order valence-electron chi connectivity index (χ2n) is 4.88. The molecule has 104 valence electrons. The van der Waals surface area contributed by atoms with Gasteiger partial charge in [0, 0.05) is 40.4 Å². The van der Waals surface area contributed by atoms with Crippen molar-refractivity contribution in [2.45, 2.75) is 13.3 Å². The molecule has 6 nitrogen and oxygen atoms in total. The van der Waals surface area contributed by atoms with E-state index in [4.69, 9.17) is 9.84 Å². The van der Waals surface area contributed by atoms with E-state index in [0.717, 1.165) is 6.42 Å². The van der Waals surface area contributed by atoms with Crippen LogP contribution in [0.4, 0.5) is 4.79 Å². The quantitative estimate of drug-likeness (QED) is 0.738. The van der Waals surface area contributed by atoms with Crippen LogP contribution in [0.3, 0.4) is 0 Å². The number of carbonyl (C=O) groups is 2. The lowest BCUT2D eigenvalue weighted by Crippen LogP contribution is -2.41. The summed E-state index contributed by atoms with van der Waals surface area (Å²) in [5, 5.41) is 9.03. The summed E-state index contributed by atoms with van der Waals surface area (Å²) in [6.45, 7) is 3.94. The molecule has 0 bridgehead atoms. The summed E-state index contributed by atoms with van der Waals surface area (Å²) in [7, 11) is 3.36. The van der Waals surface area contributed by atoms with Gasteiger partial charge in [0.2, 0.25) is 0 Å². The van der Waals surface area contributed by atoms with Crippen LogP contribution in [0.5, 0.6) is 0 Å². The molecule has 2 atom stereocenters. The summed E-state index contributed by atoms with van der Waals surface area (Å²) in [5.41, 5.74) is 0. The van der Waals surface area contributed by atoms with E-state index in [2.05, 4.69) is 0 Å². The van der Waals surface area contributed by atoms with Crippen LogP contribution in [0.15, 0.2) is 0 Å². The highest BCUT2D eigenvalue weighted by molar-refractivity contribution is 5.77. The molecule has 1 fully saturated rings. The van der Waals surface area contributed by atoms with Crippen LogP contribution in [0.1, 0.15) is 13.3 Å². The van der Waals surface area contributed by atoms with Gasteiger partial charge in [0.15, 0.2) is 0 Å². The first-order valence-corrected chi connectivity index (χ1v) is 6.19. The van der Waals surface area contributed by atoms with Crippen molar-refractivity contribution in [3.05, 3.63) is 0 Å². The van der Waals surface area contributed by atoms with Crippen molar-refractivity contribution in [2.75, 3.05) is 40.4 Å². The Hall–Kier alpha value is -1.30. The molecule has 1 heterocycles. The number of amides is 2. The smallest absolute Gasteiger partial charge is 0.319 e. The van der Waals surface area contributed by atoms with E-state index in [9.17, 15) is 9.59 Å². The predicted molar refractivity (Wildman–Crippen MR) is 66.4 cm³/mol. The number of ether oxygens (including phenoxy) is 1. The number of carboxylic acids is 1. The molecular formula is C12H22N2O4. The van der Waals surface area contributed by atoms with E-state index in [0.29, 0.717) is 26.2 Å². The Kier molecular flexibility index (Phi) is 5.40. The minimum atomic E-state index is -0.820. The third-order valence-electron chi connectivity index (χ3n) is 3.37. The van der Waals surface area contributed by atoms with Crippen molar-refractivity contribution >= 4 is 12.0 Å². The van der Waals surface area contributed by atoms with Crippen molar-refractivity contribution < 1.29 is 19.4 Å². The number of aliphatic carboxylic acids is 1. The molecule has 0 spiro atoms. The van der Waals surface area contributed by atoms with Crippen LogP contribution in [0.25, 0.3) is 0 Å². The number of methoxy groups -OCH3 is 1. The Morgan fingerprint density at radius 3 is 2.61 bits per heavy atom. The van der Waals surface area contributed by atoms with E-state index in [1.165, 1.54) is 0 Å². The van der Waals surface area contributed by atoms with E-state index >= 15 is 0 Å². The molecule has 0 aromatic rings. The summed E-state index contributed by atoms with van der Waals surface area (Å²) in [6, 6.07) is -0.0956. The predicted octanol–water partition coefficient (Wildman–Crippen LogP) is 0.727. The third kappa shape index (κ3) is 3.60. The largest absolute Gasteiger partial charge is 0.481 e. The normalized spacial score (nSPS) is 23.2. The van der Waals surface area contributed by atoms with E-state index in [1.807, 2.05) is 6.92 Å². The molecule has 0 aromatic carbocycles. The zero-order chi connectivity index (χ0) is 13.7. The van der Waals surface area contributed by atoms with Gasteiger partial charge in [-0.1, -0.05) is 6.92 Å². The SMILES string of the molecule is COCCCN(C)C(=O)N1C[C@@H](C)[C@H](C(=O)O)C1. The number of hydrogen-bond acceptors (Lipinski definition) is 3.